The first kappa shape index (κ1) is 14.5. The molecular formula is C14H19BrN2O2. The van der Waals surface area contributed by atoms with Gasteiger partial charge in [-0.25, -0.2) is 0 Å². The number of hydrogen-bond donors (Lipinski definition) is 0. The van der Waals surface area contributed by atoms with Crippen LogP contribution in [0.4, 0.5) is 5.69 Å². The molecule has 0 radical (unpaired) electrons. The van der Waals surface area contributed by atoms with Crippen molar-refractivity contribution in [3.05, 3.63) is 38.3 Å². The van der Waals surface area contributed by atoms with Crippen molar-refractivity contribution in [2.24, 2.45) is 11.8 Å². The third kappa shape index (κ3) is 3.34. The molecule has 1 aromatic carbocycles. The summed E-state index contributed by atoms with van der Waals surface area (Å²) >= 11 is 3.36. The summed E-state index contributed by atoms with van der Waals surface area (Å²) in [6, 6.07) is 5.25. The van der Waals surface area contributed by atoms with Crippen molar-refractivity contribution < 1.29 is 4.92 Å². The van der Waals surface area contributed by atoms with E-state index in [4.69, 9.17) is 0 Å². The second kappa shape index (κ2) is 6.01. The quantitative estimate of drug-likeness (QED) is 0.624. The summed E-state index contributed by atoms with van der Waals surface area (Å²) < 4.78 is 0.619. The molecule has 0 aromatic heterocycles. The zero-order valence-corrected chi connectivity index (χ0v) is 12.9. The molecule has 0 bridgehead atoms. The fraction of sp³-hybridized carbons (Fsp3) is 0.571. The van der Waals surface area contributed by atoms with Gasteiger partial charge in [0.1, 0.15) is 0 Å². The Labute approximate surface area is 122 Å². The zero-order chi connectivity index (χ0) is 14.0. The highest BCUT2D eigenvalue weighted by Gasteiger charge is 2.26. The van der Waals surface area contributed by atoms with E-state index in [9.17, 15) is 10.1 Å². The molecule has 0 saturated carbocycles. The molecule has 1 aromatic rings. The highest BCUT2D eigenvalue weighted by molar-refractivity contribution is 9.10. The zero-order valence-electron chi connectivity index (χ0n) is 11.3. The van der Waals surface area contributed by atoms with Gasteiger partial charge in [0.2, 0.25) is 0 Å². The smallest absolute Gasteiger partial charge is 0.283 e. The summed E-state index contributed by atoms with van der Waals surface area (Å²) in [6.45, 7) is 7.48. The Kier molecular flexibility index (Phi) is 4.58. The van der Waals surface area contributed by atoms with Crippen LogP contribution in [0.2, 0.25) is 0 Å². The van der Waals surface area contributed by atoms with E-state index in [0.29, 0.717) is 10.4 Å². The lowest BCUT2D eigenvalue weighted by Crippen LogP contribution is -2.21. The van der Waals surface area contributed by atoms with Gasteiger partial charge in [0.05, 0.1) is 9.40 Å². The molecule has 5 heteroatoms. The number of likely N-dealkylation sites (tertiary alicyclic amines) is 1. The van der Waals surface area contributed by atoms with Gasteiger partial charge in [-0.3, -0.25) is 15.0 Å². The Bertz CT molecular complexity index is 477. The lowest BCUT2D eigenvalue weighted by atomic mass is 9.95. The lowest BCUT2D eigenvalue weighted by Gasteiger charge is -2.18. The first-order chi connectivity index (χ1) is 8.99. The third-order valence-corrected chi connectivity index (χ3v) is 4.82. The van der Waals surface area contributed by atoms with Gasteiger partial charge in [0, 0.05) is 19.2 Å². The molecule has 1 saturated heterocycles. The monoisotopic (exact) mass is 326 g/mol. The summed E-state index contributed by atoms with van der Waals surface area (Å²) in [7, 11) is 0. The Hall–Kier alpha value is -0.940. The fourth-order valence-electron chi connectivity index (χ4n) is 2.62. The molecule has 0 amide bonds. The van der Waals surface area contributed by atoms with Crippen LogP contribution in [0.5, 0.6) is 0 Å². The van der Waals surface area contributed by atoms with E-state index < -0.39 is 0 Å². The van der Waals surface area contributed by atoms with Crippen molar-refractivity contribution in [1.29, 1.82) is 0 Å². The Morgan fingerprint density at radius 1 is 1.53 bits per heavy atom. The number of nitrogens with zero attached hydrogens (tertiary/aromatic N) is 2. The standard InChI is InChI=1S/C14H19BrN2O2/c1-10(2)11-6-7-16(8-11)9-12-4-3-5-13(14(12)15)17(18)19/h3-5,10-11H,6-9H2,1-2H3. The summed E-state index contributed by atoms with van der Waals surface area (Å²) in [5.74, 6) is 1.45. The maximum Gasteiger partial charge on any atom is 0.283 e. The van der Waals surface area contributed by atoms with Gasteiger partial charge < -0.3 is 0 Å². The summed E-state index contributed by atoms with van der Waals surface area (Å²) in [6.07, 6.45) is 1.23. The van der Waals surface area contributed by atoms with Crippen LogP contribution in [0.15, 0.2) is 22.7 Å². The van der Waals surface area contributed by atoms with Gasteiger partial charge >= 0.3 is 0 Å². The molecule has 0 spiro atoms. The minimum absolute atomic E-state index is 0.150. The molecule has 104 valence electrons. The number of halogens is 1. The molecule has 2 rings (SSSR count). The normalized spacial score (nSPS) is 20.1. The van der Waals surface area contributed by atoms with E-state index in [-0.39, 0.29) is 10.6 Å². The van der Waals surface area contributed by atoms with Crippen LogP contribution < -0.4 is 0 Å². The van der Waals surface area contributed by atoms with Crippen LogP contribution in [0.25, 0.3) is 0 Å². The van der Waals surface area contributed by atoms with Crippen molar-refractivity contribution in [2.45, 2.75) is 26.8 Å². The number of rotatable bonds is 4. The molecule has 1 heterocycles. The van der Waals surface area contributed by atoms with Crippen molar-refractivity contribution >= 4 is 21.6 Å². The van der Waals surface area contributed by atoms with E-state index in [1.54, 1.807) is 6.07 Å². The molecule has 1 fully saturated rings. The van der Waals surface area contributed by atoms with Gasteiger partial charge in [-0.1, -0.05) is 26.0 Å². The van der Waals surface area contributed by atoms with Crippen molar-refractivity contribution in [2.75, 3.05) is 13.1 Å². The van der Waals surface area contributed by atoms with Gasteiger partial charge in [0.25, 0.3) is 5.69 Å². The van der Waals surface area contributed by atoms with Crippen molar-refractivity contribution in [3.63, 3.8) is 0 Å². The number of nitro groups is 1. The van der Waals surface area contributed by atoms with Crippen LogP contribution in [-0.2, 0) is 6.54 Å². The Morgan fingerprint density at radius 3 is 2.84 bits per heavy atom. The maximum atomic E-state index is 10.9. The third-order valence-electron chi connectivity index (χ3n) is 3.90. The van der Waals surface area contributed by atoms with Gasteiger partial charge in [-0.15, -0.1) is 0 Å². The molecule has 4 nitrogen and oxygen atoms in total. The minimum Gasteiger partial charge on any atom is -0.299 e. The summed E-state index contributed by atoms with van der Waals surface area (Å²) in [5, 5.41) is 10.9. The summed E-state index contributed by atoms with van der Waals surface area (Å²) in [4.78, 5) is 13.0. The Balaban J connectivity index is 2.08. The van der Waals surface area contributed by atoms with Crippen LogP contribution in [0.3, 0.4) is 0 Å². The second-order valence-corrected chi connectivity index (χ2v) is 6.33. The topological polar surface area (TPSA) is 46.4 Å². The largest absolute Gasteiger partial charge is 0.299 e. The van der Waals surface area contributed by atoms with E-state index in [2.05, 4.69) is 34.7 Å². The number of nitro benzene ring substituents is 1. The SMILES string of the molecule is CC(C)C1CCN(Cc2cccc([N+](=O)[O-])c2Br)C1. The molecule has 19 heavy (non-hydrogen) atoms. The molecule has 1 atom stereocenters. The van der Waals surface area contributed by atoms with Crippen molar-refractivity contribution in [1.82, 2.24) is 4.90 Å². The molecule has 0 aliphatic carbocycles. The number of hydrogen-bond acceptors (Lipinski definition) is 3. The fourth-order valence-corrected chi connectivity index (χ4v) is 3.16. The highest BCUT2D eigenvalue weighted by Crippen LogP contribution is 2.31. The van der Waals surface area contributed by atoms with Crippen molar-refractivity contribution in [3.8, 4) is 0 Å². The molecular weight excluding hydrogens is 308 g/mol. The number of benzene rings is 1. The Morgan fingerprint density at radius 2 is 2.26 bits per heavy atom. The molecule has 1 aliphatic rings. The lowest BCUT2D eigenvalue weighted by molar-refractivity contribution is -0.385. The first-order valence-electron chi connectivity index (χ1n) is 6.63. The van der Waals surface area contributed by atoms with Crippen LogP contribution in [-0.4, -0.2) is 22.9 Å². The summed E-state index contributed by atoms with van der Waals surface area (Å²) in [5.41, 5.74) is 1.15. The van der Waals surface area contributed by atoms with Crippen LogP contribution in [0.1, 0.15) is 25.8 Å². The highest BCUT2D eigenvalue weighted by atomic mass is 79.9. The van der Waals surface area contributed by atoms with Crippen LogP contribution in [0, 0.1) is 22.0 Å². The van der Waals surface area contributed by atoms with E-state index in [1.165, 1.54) is 12.5 Å². The van der Waals surface area contributed by atoms with Gasteiger partial charge in [0.15, 0.2) is 0 Å². The van der Waals surface area contributed by atoms with Gasteiger partial charge in [-0.05, 0) is 46.3 Å². The first-order valence-corrected chi connectivity index (χ1v) is 7.42. The molecule has 1 unspecified atom stereocenters. The molecule has 0 N–H and O–H groups in total. The predicted octanol–water partition coefficient (Wildman–Crippen LogP) is 3.84. The van der Waals surface area contributed by atoms with E-state index >= 15 is 0 Å². The minimum atomic E-state index is -0.339. The average molecular weight is 327 g/mol. The van der Waals surface area contributed by atoms with Crippen LogP contribution >= 0.6 is 15.9 Å². The molecule has 1 aliphatic heterocycles. The van der Waals surface area contributed by atoms with E-state index in [1.807, 2.05) is 6.07 Å². The van der Waals surface area contributed by atoms with Gasteiger partial charge in [-0.2, -0.15) is 0 Å². The second-order valence-electron chi connectivity index (χ2n) is 5.54. The van der Waals surface area contributed by atoms with E-state index in [0.717, 1.165) is 31.1 Å². The predicted molar refractivity (Wildman–Crippen MR) is 79.0 cm³/mol. The maximum absolute atomic E-state index is 10.9. The average Bonchev–Trinajstić information content (AvgIpc) is 2.80.